The summed E-state index contributed by atoms with van der Waals surface area (Å²) in [6.45, 7) is 2.29. The number of nitrogens with one attached hydrogen (secondary N) is 1. The minimum atomic E-state index is -0.882. The molecule has 1 aliphatic heterocycles. The van der Waals surface area contributed by atoms with Crippen LogP contribution < -0.4 is 10.3 Å². The largest absolute Gasteiger partial charge is 0.464 e. The van der Waals surface area contributed by atoms with E-state index in [9.17, 15) is 14.4 Å². The van der Waals surface area contributed by atoms with Crippen LogP contribution in [0.3, 0.4) is 0 Å². The maximum Gasteiger partial charge on any atom is 0.360 e. The van der Waals surface area contributed by atoms with E-state index >= 15 is 0 Å². The van der Waals surface area contributed by atoms with Crippen molar-refractivity contribution in [3.63, 3.8) is 0 Å². The summed E-state index contributed by atoms with van der Waals surface area (Å²) in [6, 6.07) is 17.2. The number of esters is 2. The molecule has 0 aliphatic carbocycles. The monoisotopic (exact) mass is 449 g/mol. The van der Waals surface area contributed by atoms with E-state index in [1.807, 2.05) is 30.3 Å². The molecule has 1 aromatic heterocycles. The first-order chi connectivity index (χ1) is 16.1. The summed E-state index contributed by atoms with van der Waals surface area (Å²) in [7, 11) is 1.17. The first kappa shape index (κ1) is 22.4. The molecule has 1 fully saturated rings. The highest BCUT2D eigenvalue weighted by Crippen LogP contribution is 2.28. The van der Waals surface area contributed by atoms with Crippen molar-refractivity contribution < 1.29 is 23.8 Å². The van der Waals surface area contributed by atoms with Gasteiger partial charge in [0.1, 0.15) is 5.82 Å². The van der Waals surface area contributed by atoms with Gasteiger partial charge < -0.3 is 19.2 Å². The number of carbonyl (C=O) groups excluding carboxylic acids is 2. The Bertz CT molecular complexity index is 1170. The lowest BCUT2D eigenvalue weighted by Gasteiger charge is -2.34. The normalized spacial score (nSPS) is 14.9. The highest BCUT2D eigenvalue weighted by Gasteiger charge is 2.30. The number of nitrogens with zero attached hydrogens (tertiary/aromatic N) is 2. The smallest absolute Gasteiger partial charge is 0.360 e. The second-order valence-electron chi connectivity index (χ2n) is 7.34. The van der Waals surface area contributed by atoms with Crippen LogP contribution in [0.2, 0.25) is 0 Å². The van der Waals surface area contributed by atoms with Crippen molar-refractivity contribution in [1.82, 2.24) is 14.9 Å². The molecule has 0 radical (unpaired) electrons. The molecule has 2 aromatic carbocycles. The fraction of sp³-hybridized carbons (Fsp3) is 0.250. The summed E-state index contributed by atoms with van der Waals surface area (Å²) >= 11 is 0. The predicted octanol–water partition coefficient (Wildman–Crippen LogP) is 2.20. The van der Waals surface area contributed by atoms with Gasteiger partial charge in [-0.15, -0.1) is 0 Å². The molecule has 9 heteroatoms. The number of methoxy groups -OCH3 is 1. The number of hydrogen-bond acceptors (Lipinski definition) is 8. The minimum absolute atomic E-state index is 0.229. The van der Waals surface area contributed by atoms with Gasteiger partial charge in [-0.1, -0.05) is 48.5 Å². The average Bonchev–Trinajstić information content (AvgIpc) is 2.87. The van der Waals surface area contributed by atoms with Crippen LogP contribution in [-0.2, 0) is 9.47 Å². The summed E-state index contributed by atoms with van der Waals surface area (Å²) in [5, 5.41) is 0. The maximum absolute atomic E-state index is 13.0. The highest BCUT2D eigenvalue weighted by molar-refractivity contribution is 5.94. The van der Waals surface area contributed by atoms with Gasteiger partial charge in [0.15, 0.2) is 5.69 Å². The van der Waals surface area contributed by atoms with Gasteiger partial charge in [-0.25, -0.2) is 14.6 Å². The van der Waals surface area contributed by atoms with Crippen molar-refractivity contribution in [2.45, 2.75) is 6.04 Å². The molecule has 0 bridgehead atoms. The Labute approximate surface area is 189 Å². The summed E-state index contributed by atoms with van der Waals surface area (Å²) in [6.07, 6.45) is 0. The minimum Gasteiger partial charge on any atom is -0.464 e. The van der Waals surface area contributed by atoms with Crippen LogP contribution in [0, 0.1) is 0 Å². The molecule has 0 spiro atoms. The molecule has 3 aromatic rings. The highest BCUT2D eigenvalue weighted by atomic mass is 16.5. The van der Waals surface area contributed by atoms with E-state index in [-0.39, 0.29) is 17.1 Å². The van der Waals surface area contributed by atoms with Crippen molar-refractivity contribution in [3.8, 4) is 5.75 Å². The SMILES string of the molecule is COC(=O)c1nc(C(c2ccccc2)N2CCOCC2)[nH]c(=O)c1OC(=O)c1ccccc1. The van der Waals surface area contributed by atoms with E-state index in [2.05, 4.69) is 14.9 Å². The molecule has 4 rings (SSSR count). The molecule has 9 nitrogen and oxygen atoms in total. The number of ether oxygens (including phenoxy) is 3. The van der Waals surface area contributed by atoms with E-state index in [4.69, 9.17) is 14.2 Å². The number of H-pyrrole nitrogens is 1. The van der Waals surface area contributed by atoms with Crippen molar-refractivity contribution in [2.24, 2.45) is 0 Å². The Hall–Kier alpha value is -3.82. The van der Waals surface area contributed by atoms with Crippen LogP contribution in [0.25, 0.3) is 0 Å². The lowest BCUT2D eigenvalue weighted by molar-refractivity contribution is 0.0222. The second-order valence-corrected chi connectivity index (χ2v) is 7.34. The third-order valence-electron chi connectivity index (χ3n) is 5.26. The third-order valence-corrected chi connectivity index (χ3v) is 5.26. The predicted molar refractivity (Wildman–Crippen MR) is 118 cm³/mol. The lowest BCUT2D eigenvalue weighted by atomic mass is 10.0. The first-order valence-corrected chi connectivity index (χ1v) is 10.4. The van der Waals surface area contributed by atoms with Gasteiger partial charge in [-0.2, -0.15) is 0 Å². The molecule has 33 heavy (non-hydrogen) atoms. The number of aromatic amines is 1. The molecule has 0 amide bonds. The Morgan fingerprint density at radius 3 is 2.27 bits per heavy atom. The van der Waals surface area contributed by atoms with Crippen molar-refractivity contribution in [3.05, 3.63) is 93.7 Å². The van der Waals surface area contributed by atoms with Crippen LogP contribution >= 0.6 is 0 Å². The number of rotatable bonds is 6. The molecular weight excluding hydrogens is 426 g/mol. The number of hydrogen-bond donors (Lipinski definition) is 1. The van der Waals surface area contributed by atoms with Crippen molar-refractivity contribution >= 4 is 11.9 Å². The Balaban J connectivity index is 1.78. The molecule has 1 atom stereocenters. The van der Waals surface area contributed by atoms with Gasteiger partial charge in [-0.3, -0.25) is 9.69 Å². The zero-order chi connectivity index (χ0) is 23.2. The third kappa shape index (κ3) is 5.00. The summed E-state index contributed by atoms with van der Waals surface area (Å²) < 4.78 is 15.6. The molecule has 0 saturated carbocycles. The number of carbonyl (C=O) groups is 2. The van der Waals surface area contributed by atoms with Gasteiger partial charge >= 0.3 is 11.9 Å². The number of aromatic nitrogens is 2. The van der Waals surface area contributed by atoms with E-state index < -0.39 is 29.3 Å². The molecular formula is C24H23N3O6. The topological polar surface area (TPSA) is 111 Å². The van der Waals surface area contributed by atoms with Gasteiger partial charge in [0.2, 0.25) is 5.75 Å². The summed E-state index contributed by atoms with van der Waals surface area (Å²) in [5.74, 6) is -1.93. The fourth-order valence-corrected chi connectivity index (χ4v) is 3.68. The second kappa shape index (κ2) is 10.2. The van der Waals surface area contributed by atoms with E-state index in [0.717, 1.165) is 5.56 Å². The molecule has 1 aliphatic rings. The van der Waals surface area contributed by atoms with Crippen LogP contribution in [0.1, 0.15) is 38.3 Å². The zero-order valence-corrected chi connectivity index (χ0v) is 18.0. The molecule has 1 unspecified atom stereocenters. The van der Waals surface area contributed by atoms with Crippen LogP contribution in [0.15, 0.2) is 65.5 Å². The van der Waals surface area contributed by atoms with Gasteiger partial charge in [-0.05, 0) is 17.7 Å². The molecule has 2 heterocycles. The Morgan fingerprint density at radius 2 is 1.64 bits per heavy atom. The quantitative estimate of drug-likeness (QED) is 0.570. The molecule has 1 saturated heterocycles. The van der Waals surface area contributed by atoms with Crippen molar-refractivity contribution in [1.29, 1.82) is 0 Å². The summed E-state index contributed by atoms with van der Waals surface area (Å²) in [5.41, 5.74) is -0.00624. The van der Waals surface area contributed by atoms with Gasteiger partial charge in [0, 0.05) is 13.1 Å². The van der Waals surface area contributed by atoms with Crippen LogP contribution in [0.4, 0.5) is 0 Å². The maximum atomic E-state index is 13.0. The van der Waals surface area contributed by atoms with Crippen LogP contribution in [-0.4, -0.2) is 60.2 Å². The number of morpholine rings is 1. The van der Waals surface area contributed by atoms with E-state index in [1.54, 1.807) is 30.3 Å². The van der Waals surface area contributed by atoms with Crippen molar-refractivity contribution in [2.75, 3.05) is 33.4 Å². The molecule has 1 N–H and O–H groups in total. The number of benzene rings is 2. The lowest BCUT2D eigenvalue weighted by Crippen LogP contribution is -2.41. The standard InChI is InChI=1S/C24H23N3O6/c1-31-24(30)18-20(33-23(29)17-10-6-3-7-11-17)22(28)26-21(25-18)19(16-8-4-2-5-9-16)27-12-14-32-15-13-27/h2-11,19H,12-15H2,1H3,(H,25,26,28). The van der Waals surface area contributed by atoms with Crippen LogP contribution in [0.5, 0.6) is 5.75 Å². The van der Waals surface area contributed by atoms with E-state index in [0.29, 0.717) is 26.3 Å². The van der Waals surface area contributed by atoms with E-state index in [1.165, 1.54) is 7.11 Å². The van der Waals surface area contributed by atoms with Gasteiger partial charge in [0.25, 0.3) is 5.56 Å². The zero-order valence-electron chi connectivity index (χ0n) is 18.0. The summed E-state index contributed by atoms with van der Waals surface area (Å²) in [4.78, 5) is 47.3. The Morgan fingerprint density at radius 1 is 1.00 bits per heavy atom. The first-order valence-electron chi connectivity index (χ1n) is 10.4. The average molecular weight is 449 g/mol. The van der Waals surface area contributed by atoms with Gasteiger partial charge in [0.05, 0.1) is 31.9 Å². The molecule has 170 valence electrons. The Kier molecular flexibility index (Phi) is 6.92. The fourth-order valence-electron chi connectivity index (χ4n) is 3.68.